The number of nitrogens with zero attached hydrogens (tertiary/aromatic N) is 1. The van der Waals surface area contributed by atoms with Gasteiger partial charge in [-0.15, -0.1) is 0 Å². The number of halogens is 3. The summed E-state index contributed by atoms with van der Waals surface area (Å²) in [6, 6.07) is 9.57. The van der Waals surface area contributed by atoms with Crippen molar-refractivity contribution in [3.63, 3.8) is 0 Å². The summed E-state index contributed by atoms with van der Waals surface area (Å²) in [5.41, 5.74) is 1.72. The molecular weight excluding hydrogens is 362 g/mol. The maximum absolute atomic E-state index is 13.8. The van der Waals surface area contributed by atoms with E-state index in [9.17, 15) is 13.6 Å². The number of anilines is 1. The Morgan fingerprint density at radius 2 is 1.88 bits per heavy atom. The fraction of sp³-hybridized carbons (Fsp3) is 0.105. The number of aromatic nitrogens is 1. The summed E-state index contributed by atoms with van der Waals surface area (Å²) in [5.74, 6) is -0.743. The number of rotatable bonds is 4. The molecular formula is C19H15ClF2N2O2. The number of hydrogen-bond donors (Lipinski definition) is 1. The van der Waals surface area contributed by atoms with Gasteiger partial charge in [-0.1, -0.05) is 17.7 Å². The predicted molar refractivity (Wildman–Crippen MR) is 96.6 cm³/mol. The molecule has 0 fully saturated rings. The van der Waals surface area contributed by atoms with Crippen LogP contribution in [0.1, 0.15) is 6.92 Å². The van der Waals surface area contributed by atoms with Crippen molar-refractivity contribution in [3.05, 3.63) is 71.5 Å². The van der Waals surface area contributed by atoms with Crippen LogP contribution in [0.25, 0.3) is 11.1 Å². The Kier molecular flexibility index (Phi) is 5.23. The van der Waals surface area contributed by atoms with Crippen molar-refractivity contribution in [2.75, 3.05) is 11.4 Å². The van der Waals surface area contributed by atoms with Crippen molar-refractivity contribution in [2.45, 2.75) is 6.92 Å². The van der Waals surface area contributed by atoms with Gasteiger partial charge in [0, 0.05) is 24.5 Å². The first-order chi connectivity index (χ1) is 12.5. The number of hydrogen-bond acceptors (Lipinski definition) is 2. The summed E-state index contributed by atoms with van der Waals surface area (Å²) in [6.07, 6.45) is 2.65. The van der Waals surface area contributed by atoms with E-state index < -0.39 is 17.7 Å². The molecule has 1 heterocycles. The van der Waals surface area contributed by atoms with E-state index >= 15 is 0 Å². The lowest BCUT2D eigenvalue weighted by atomic mass is 10.1. The second kappa shape index (κ2) is 7.58. The number of aromatic amines is 1. The van der Waals surface area contributed by atoms with E-state index in [1.807, 2.05) is 0 Å². The van der Waals surface area contributed by atoms with Gasteiger partial charge < -0.3 is 9.72 Å². The molecule has 0 bridgehead atoms. The Balaban J connectivity index is 1.89. The first-order valence-electron chi connectivity index (χ1n) is 7.86. The fourth-order valence-corrected chi connectivity index (χ4v) is 2.65. The highest BCUT2D eigenvalue weighted by atomic mass is 35.5. The molecule has 0 saturated heterocycles. The van der Waals surface area contributed by atoms with Crippen LogP contribution in [0.2, 0.25) is 5.02 Å². The smallest absolute Gasteiger partial charge is 0.410 e. The van der Waals surface area contributed by atoms with Gasteiger partial charge in [-0.3, -0.25) is 4.90 Å². The minimum atomic E-state index is -0.630. The zero-order valence-corrected chi connectivity index (χ0v) is 14.6. The van der Waals surface area contributed by atoms with Crippen LogP contribution in [0.15, 0.2) is 54.9 Å². The number of benzene rings is 2. The van der Waals surface area contributed by atoms with Gasteiger partial charge >= 0.3 is 6.09 Å². The molecule has 134 valence electrons. The number of amides is 1. The molecule has 0 saturated carbocycles. The van der Waals surface area contributed by atoms with Crippen LogP contribution in [-0.2, 0) is 0 Å². The lowest BCUT2D eigenvalue weighted by Gasteiger charge is -2.21. The van der Waals surface area contributed by atoms with Gasteiger partial charge in [-0.25, -0.2) is 13.6 Å². The van der Waals surface area contributed by atoms with Crippen LogP contribution in [0.3, 0.4) is 0 Å². The minimum absolute atomic E-state index is 0.0221. The van der Waals surface area contributed by atoms with Crippen LogP contribution in [-0.4, -0.2) is 17.6 Å². The van der Waals surface area contributed by atoms with Crippen molar-refractivity contribution < 1.29 is 18.3 Å². The molecule has 3 rings (SSSR count). The molecule has 3 aromatic rings. The predicted octanol–water partition coefficient (Wildman–Crippen LogP) is 5.64. The maximum atomic E-state index is 13.8. The molecule has 1 aromatic heterocycles. The molecule has 0 spiro atoms. The van der Waals surface area contributed by atoms with Crippen molar-refractivity contribution >= 4 is 23.4 Å². The van der Waals surface area contributed by atoms with Crippen molar-refractivity contribution in [1.29, 1.82) is 0 Å². The highest BCUT2D eigenvalue weighted by Gasteiger charge is 2.21. The number of H-pyrrole nitrogens is 1. The Labute approximate surface area is 154 Å². The van der Waals surface area contributed by atoms with E-state index in [4.69, 9.17) is 16.3 Å². The highest BCUT2D eigenvalue weighted by Crippen LogP contribution is 2.33. The minimum Gasteiger partial charge on any atom is -0.410 e. The number of carbonyl (C=O) groups is 1. The molecule has 1 amide bonds. The van der Waals surface area contributed by atoms with E-state index in [1.165, 1.54) is 41.3 Å². The zero-order valence-electron chi connectivity index (χ0n) is 13.8. The van der Waals surface area contributed by atoms with Gasteiger partial charge in [0.25, 0.3) is 0 Å². The van der Waals surface area contributed by atoms with Crippen LogP contribution in [0.5, 0.6) is 5.75 Å². The number of ether oxygens (including phenoxy) is 1. The van der Waals surface area contributed by atoms with E-state index in [0.29, 0.717) is 23.4 Å². The van der Waals surface area contributed by atoms with Crippen molar-refractivity contribution in [3.8, 4) is 16.9 Å². The van der Waals surface area contributed by atoms with E-state index in [0.717, 1.165) is 0 Å². The topological polar surface area (TPSA) is 45.3 Å². The van der Waals surface area contributed by atoms with Gasteiger partial charge in [-0.2, -0.15) is 0 Å². The van der Waals surface area contributed by atoms with E-state index in [2.05, 4.69) is 4.98 Å². The first-order valence-corrected chi connectivity index (χ1v) is 8.24. The fourth-order valence-electron chi connectivity index (χ4n) is 2.53. The van der Waals surface area contributed by atoms with Gasteiger partial charge in [-0.05, 0) is 48.9 Å². The third kappa shape index (κ3) is 3.70. The third-order valence-corrected chi connectivity index (χ3v) is 4.11. The molecule has 7 heteroatoms. The lowest BCUT2D eigenvalue weighted by molar-refractivity contribution is 0.208. The summed E-state index contributed by atoms with van der Waals surface area (Å²) in [6.45, 7) is 2.10. The normalized spacial score (nSPS) is 10.6. The third-order valence-electron chi connectivity index (χ3n) is 3.80. The molecule has 0 radical (unpaired) electrons. The highest BCUT2D eigenvalue weighted by molar-refractivity contribution is 6.30. The SMILES string of the molecule is CCN(C(=O)Oc1ccc(F)cc1)c1c[nH]cc1-c1ccc(Cl)c(F)c1. The molecule has 4 nitrogen and oxygen atoms in total. The van der Waals surface area contributed by atoms with Gasteiger partial charge in [0.15, 0.2) is 0 Å². The van der Waals surface area contributed by atoms with Crippen LogP contribution < -0.4 is 9.64 Å². The standard InChI is InChI=1S/C19H15ClF2N2O2/c1-2-24(19(25)26-14-6-4-13(21)5-7-14)18-11-23-10-15(18)12-3-8-16(20)17(22)9-12/h3-11,23H,2H2,1H3. The van der Waals surface area contributed by atoms with Crippen molar-refractivity contribution in [1.82, 2.24) is 4.98 Å². The zero-order chi connectivity index (χ0) is 18.7. The van der Waals surface area contributed by atoms with Gasteiger partial charge in [0.05, 0.1) is 10.7 Å². The number of nitrogens with one attached hydrogen (secondary N) is 1. The molecule has 0 aliphatic heterocycles. The van der Waals surface area contributed by atoms with Gasteiger partial charge in [0.2, 0.25) is 0 Å². The number of carbonyl (C=O) groups excluding carboxylic acids is 1. The molecule has 0 aliphatic carbocycles. The summed E-state index contributed by atoms with van der Waals surface area (Å²) in [7, 11) is 0. The Morgan fingerprint density at radius 1 is 1.15 bits per heavy atom. The summed E-state index contributed by atoms with van der Waals surface area (Å²) in [5, 5.41) is 0.0221. The largest absolute Gasteiger partial charge is 0.419 e. The summed E-state index contributed by atoms with van der Waals surface area (Å²) >= 11 is 5.73. The molecule has 2 aromatic carbocycles. The summed E-state index contributed by atoms with van der Waals surface area (Å²) < 4.78 is 32.1. The van der Waals surface area contributed by atoms with Crippen LogP contribution in [0.4, 0.5) is 19.3 Å². The molecule has 0 unspecified atom stereocenters. The van der Waals surface area contributed by atoms with Gasteiger partial charge in [0.1, 0.15) is 17.4 Å². The van der Waals surface area contributed by atoms with Crippen molar-refractivity contribution in [2.24, 2.45) is 0 Å². The summed E-state index contributed by atoms with van der Waals surface area (Å²) in [4.78, 5) is 16.8. The average Bonchev–Trinajstić information content (AvgIpc) is 3.09. The van der Waals surface area contributed by atoms with E-state index in [-0.39, 0.29) is 10.8 Å². The maximum Gasteiger partial charge on any atom is 0.419 e. The quantitative estimate of drug-likeness (QED) is 0.640. The average molecular weight is 377 g/mol. The molecule has 1 N–H and O–H groups in total. The Hall–Kier alpha value is -2.86. The Morgan fingerprint density at radius 3 is 2.54 bits per heavy atom. The molecule has 0 atom stereocenters. The van der Waals surface area contributed by atoms with Crippen LogP contribution in [0, 0.1) is 11.6 Å². The second-order valence-corrected chi connectivity index (χ2v) is 5.86. The second-order valence-electron chi connectivity index (χ2n) is 5.45. The first kappa shape index (κ1) is 17.9. The molecule has 26 heavy (non-hydrogen) atoms. The lowest BCUT2D eigenvalue weighted by Crippen LogP contribution is -2.33. The molecule has 0 aliphatic rings. The monoisotopic (exact) mass is 376 g/mol. The van der Waals surface area contributed by atoms with E-state index in [1.54, 1.807) is 25.4 Å². The Bertz CT molecular complexity index is 926. The van der Waals surface area contributed by atoms with Crippen LogP contribution >= 0.6 is 11.6 Å².